The van der Waals surface area contributed by atoms with E-state index >= 15 is 0 Å². The Bertz CT molecular complexity index is 341. The normalized spacial score (nSPS) is 42.7. The fourth-order valence-corrected chi connectivity index (χ4v) is 2.51. The predicted octanol–water partition coefficient (Wildman–Crippen LogP) is -0.505. The molecule has 2 fully saturated rings. The molecule has 0 radical (unpaired) electrons. The van der Waals surface area contributed by atoms with E-state index in [0.29, 0.717) is 19.3 Å². The van der Waals surface area contributed by atoms with E-state index in [9.17, 15) is 15.0 Å². The first kappa shape index (κ1) is 14.7. The molecule has 0 aromatic carbocycles. The van der Waals surface area contributed by atoms with Crippen molar-refractivity contribution >= 4 is 5.97 Å². The van der Waals surface area contributed by atoms with Crippen molar-refractivity contribution in [3.63, 3.8) is 0 Å². The van der Waals surface area contributed by atoms with Crippen molar-refractivity contribution in [2.24, 2.45) is 0 Å². The molecule has 0 aromatic rings. The number of carboxylic acids is 1. The summed E-state index contributed by atoms with van der Waals surface area (Å²) in [6.45, 7) is 1.37. The van der Waals surface area contributed by atoms with Gasteiger partial charge in [-0.1, -0.05) is 6.92 Å². The molecule has 2 rings (SSSR count). The Hall–Kier alpha value is -0.730. The summed E-state index contributed by atoms with van der Waals surface area (Å²) in [6.07, 6.45) is -0.437. The third-order valence-corrected chi connectivity index (χ3v) is 3.89. The number of hydrogen-bond donors (Lipinski definition) is 3. The quantitative estimate of drug-likeness (QED) is 0.635. The summed E-state index contributed by atoms with van der Waals surface area (Å²) < 4.78 is 16.7. The van der Waals surface area contributed by atoms with Gasteiger partial charge in [0.15, 0.2) is 0 Å². The lowest BCUT2D eigenvalue weighted by Crippen LogP contribution is -2.63. The van der Waals surface area contributed by atoms with E-state index in [4.69, 9.17) is 19.3 Å². The summed E-state index contributed by atoms with van der Waals surface area (Å²) in [7, 11) is 0. The van der Waals surface area contributed by atoms with Gasteiger partial charge in [-0.05, 0) is 12.8 Å². The molecule has 0 amide bonds. The number of carboxylic acid groups (broad SMARTS) is 1. The van der Waals surface area contributed by atoms with Gasteiger partial charge in [0.25, 0.3) is 0 Å². The average Bonchev–Trinajstić information content (AvgIpc) is 2.84. The van der Waals surface area contributed by atoms with Crippen LogP contribution in [0.3, 0.4) is 0 Å². The van der Waals surface area contributed by atoms with Gasteiger partial charge < -0.3 is 29.5 Å². The molecule has 2 saturated heterocycles. The lowest BCUT2D eigenvalue weighted by atomic mass is 9.96. The monoisotopic (exact) mass is 276 g/mol. The maximum Gasteiger partial charge on any atom is 0.338 e. The molecule has 0 saturated carbocycles. The van der Waals surface area contributed by atoms with Crippen molar-refractivity contribution in [2.45, 2.75) is 49.8 Å². The molecule has 3 unspecified atom stereocenters. The summed E-state index contributed by atoms with van der Waals surface area (Å²) in [5.41, 5.74) is -1.00. The van der Waals surface area contributed by atoms with Gasteiger partial charge in [0.1, 0.15) is 5.60 Å². The fourth-order valence-electron chi connectivity index (χ4n) is 2.51. The largest absolute Gasteiger partial charge is 0.479 e. The topological polar surface area (TPSA) is 105 Å². The minimum absolute atomic E-state index is 0.0714. The van der Waals surface area contributed by atoms with E-state index in [1.807, 2.05) is 0 Å². The number of ether oxygens (including phenoxy) is 3. The molecule has 0 aromatic heterocycles. The van der Waals surface area contributed by atoms with E-state index in [1.165, 1.54) is 0 Å². The number of hydrogen-bond acceptors (Lipinski definition) is 6. The van der Waals surface area contributed by atoms with Crippen molar-refractivity contribution in [2.75, 3.05) is 19.8 Å². The predicted molar refractivity (Wildman–Crippen MR) is 62.5 cm³/mol. The molecule has 2 aliphatic heterocycles. The van der Waals surface area contributed by atoms with E-state index in [2.05, 4.69) is 0 Å². The number of aliphatic carboxylic acids is 1. The third kappa shape index (κ3) is 2.48. The molecule has 4 atom stereocenters. The summed E-state index contributed by atoms with van der Waals surface area (Å²) in [4.78, 5) is 11.4. The van der Waals surface area contributed by atoms with Gasteiger partial charge >= 0.3 is 5.97 Å². The van der Waals surface area contributed by atoms with Crippen LogP contribution in [0.4, 0.5) is 0 Å². The molecule has 110 valence electrons. The number of aliphatic hydroxyl groups is 2. The number of carbonyl (C=O) groups is 1. The minimum atomic E-state index is -1.35. The van der Waals surface area contributed by atoms with Crippen LogP contribution in [0, 0.1) is 0 Å². The first-order valence-electron chi connectivity index (χ1n) is 6.45. The Morgan fingerprint density at radius 1 is 1.37 bits per heavy atom. The SMILES string of the molecule is CCC1(CO)COC2(CC[C@H](CO)O2)C(C(=O)O)O1. The molecule has 1 spiro atoms. The van der Waals surface area contributed by atoms with Gasteiger partial charge in [0.05, 0.1) is 25.9 Å². The van der Waals surface area contributed by atoms with Gasteiger partial charge in [0.2, 0.25) is 11.9 Å². The molecule has 0 aliphatic carbocycles. The van der Waals surface area contributed by atoms with Gasteiger partial charge in [-0.3, -0.25) is 0 Å². The smallest absolute Gasteiger partial charge is 0.338 e. The second-order valence-electron chi connectivity index (χ2n) is 5.09. The molecular formula is C12H20O7. The molecule has 7 nitrogen and oxygen atoms in total. The van der Waals surface area contributed by atoms with Crippen LogP contribution in [0.15, 0.2) is 0 Å². The van der Waals surface area contributed by atoms with Crippen LogP contribution in [0.2, 0.25) is 0 Å². The summed E-state index contributed by atoms with van der Waals surface area (Å²) >= 11 is 0. The molecule has 3 N–H and O–H groups in total. The zero-order valence-electron chi connectivity index (χ0n) is 10.9. The Morgan fingerprint density at radius 2 is 2.11 bits per heavy atom. The highest BCUT2D eigenvalue weighted by molar-refractivity contribution is 5.74. The summed E-state index contributed by atoms with van der Waals surface area (Å²) in [5, 5.41) is 27.8. The van der Waals surface area contributed by atoms with Crippen molar-refractivity contribution in [3.8, 4) is 0 Å². The maximum atomic E-state index is 11.4. The summed E-state index contributed by atoms with van der Waals surface area (Å²) in [5.74, 6) is -2.54. The number of aliphatic hydroxyl groups excluding tert-OH is 2. The first-order valence-corrected chi connectivity index (χ1v) is 6.45. The third-order valence-electron chi connectivity index (χ3n) is 3.89. The maximum absolute atomic E-state index is 11.4. The molecule has 0 bridgehead atoms. The zero-order valence-corrected chi connectivity index (χ0v) is 10.9. The van der Waals surface area contributed by atoms with Crippen LogP contribution >= 0.6 is 0 Å². The van der Waals surface area contributed by atoms with Gasteiger partial charge in [0, 0.05) is 6.42 Å². The van der Waals surface area contributed by atoms with Gasteiger partial charge in [-0.2, -0.15) is 0 Å². The standard InChI is InChI=1S/C12H20O7/c1-2-11(6-14)7-17-12(9(19-11)10(15)16)4-3-8(5-13)18-12/h8-9,13-14H,2-7H2,1H3,(H,15,16)/t8-,9?,11?,12?/m1/s1. The molecular weight excluding hydrogens is 256 g/mol. The van der Waals surface area contributed by atoms with Crippen LogP contribution < -0.4 is 0 Å². The second-order valence-corrected chi connectivity index (χ2v) is 5.09. The second kappa shape index (κ2) is 5.34. The first-order chi connectivity index (χ1) is 9.01. The Balaban J connectivity index is 2.21. The van der Waals surface area contributed by atoms with Crippen molar-refractivity contribution in [1.29, 1.82) is 0 Å². The highest BCUT2D eigenvalue weighted by Gasteiger charge is 2.58. The Morgan fingerprint density at radius 3 is 2.58 bits per heavy atom. The van der Waals surface area contributed by atoms with E-state index in [-0.39, 0.29) is 19.8 Å². The van der Waals surface area contributed by atoms with E-state index < -0.39 is 29.6 Å². The zero-order chi connectivity index (χ0) is 14.1. The van der Waals surface area contributed by atoms with E-state index in [0.717, 1.165) is 0 Å². The van der Waals surface area contributed by atoms with Gasteiger partial charge in [-0.15, -0.1) is 0 Å². The molecule has 19 heavy (non-hydrogen) atoms. The van der Waals surface area contributed by atoms with Crippen LogP contribution in [-0.2, 0) is 19.0 Å². The van der Waals surface area contributed by atoms with Crippen LogP contribution in [0.5, 0.6) is 0 Å². The average molecular weight is 276 g/mol. The lowest BCUT2D eigenvalue weighted by molar-refractivity contribution is -0.356. The highest BCUT2D eigenvalue weighted by Crippen LogP contribution is 2.42. The van der Waals surface area contributed by atoms with Crippen LogP contribution in [-0.4, -0.2) is 64.7 Å². The molecule has 2 heterocycles. The number of rotatable bonds is 4. The fraction of sp³-hybridized carbons (Fsp3) is 0.917. The highest BCUT2D eigenvalue weighted by atomic mass is 16.8. The Labute approximate surface area is 111 Å². The summed E-state index contributed by atoms with van der Waals surface area (Å²) in [6, 6.07) is 0. The molecule has 2 aliphatic rings. The minimum Gasteiger partial charge on any atom is -0.479 e. The Kier molecular flexibility index (Phi) is 4.12. The van der Waals surface area contributed by atoms with Crippen molar-refractivity contribution in [3.05, 3.63) is 0 Å². The molecule has 7 heteroatoms. The van der Waals surface area contributed by atoms with Crippen molar-refractivity contribution < 1.29 is 34.3 Å². The van der Waals surface area contributed by atoms with Crippen LogP contribution in [0.1, 0.15) is 26.2 Å². The van der Waals surface area contributed by atoms with E-state index in [1.54, 1.807) is 6.92 Å². The van der Waals surface area contributed by atoms with Crippen LogP contribution in [0.25, 0.3) is 0 Å². The van der Waals surface area contributed by atoms with Gasteiger partial charge in [-0.25, -0.2) is 4.79 Å². The van der Waals surface area contributed by atoms with Crippen molar-refractivity contribution in [1.82, 2.24) is 0 Å². The lowest BCUT2D eigenvalue weighted by Gasteiger charge is -2.46.